The van der Waals surface area contributed by atoms with Crippen molar-refractivity contribution >= 4 is 6.09 Å². The summed E-state index contributed by atoms with van der Waals surface area (Å²) in [6.45, 7) is 8.81. The van der Waals surface area contributed by atoms with Crippen LogP contribution < -0.4 is 5.32 Å². The molecule has 1 amide bonds. The molecule has 116 valence electrons. The van der Waals surface area contributed by atoms with Gasteiger partial charge in [0.25, 0.3) is 0 Å². The minimum Gasteiger partial charge on any atom is -0.449 e. The first-order valence-electron chi connectivity index (χ1n) is 8.27. The van der Waals surface area contributed by atoms with E-state index in [1.165, 1.54) is 32.4 Å². The summed E-state index contributed by atoms with van der Waals surface area (Å²) in [5.74, 6) is 2.13. The molecule has 20 heavy (non-hydrogen) atoms. The summed E-state index contributed by atoms with van der Waals surface area (Å²) < 4.78 is 5.31. The van der Waals surface area contributed by atoms with Crippen molar-refractivity contribution < 1.29 is 9.53 Å². The molecule has 0 bridgehead atoms. The van der Waals surface area contributed by atoms with Gasteiger partial charge >= 0.3 is 6.09 Å². The first kappa shape index (κ1) is 15.6. The second-order valence-electron chi connectivity index (χ2n) is 6.83. The molecule has 0 unspecified atom stereocenters. The van der Waals surface area contributed by atoms with E-state index in [0.717, 1.165) is 37.8 Å². The summed E-state index contributed by atoms with van der Waals surface area (Å²) in [6, 6.07) is 0. The third kappa shape index (κ3) is 4.97. The normalized spacial score (nSPS) is 22.2. The molecule has 1 N–H and O–H groups in total. The van der Waals surface area contributed by atoms with Crippen LogP contribution in [0.15, 0.2) is 0 Å². The fourth-order valence-electron chi connectivity index (χ4n) is 3.27. The SMILES string of the molecule is CC(C)COC(=O)N1CCC(CC2CCNCC2)CC1. The van der Waals surface area contributed by atoms with E-state index in [9.17, 15) is 4.79 Å². The van der Waals surface area contributed by atoms with Gasteiger partial charge in [-0.3, -0.25) is 0 Å². The summed E-state index contributed by atoms with van der Waals surface area (Å²) in [5.41, 5.74) is 0. The van der Waals surface area contributed by atoms with Crippen molar-refractivity contribution in [2.75, 3.05) is 32.8 Å². The molecule has 4 heteroatoms. The van der Waals surface area contributed by atoms with E-state index in [1.54, 1.807) is 0 Å². The third-order valence-corrected chi connectivity index (χ3v) is 4.54. The van der Waals surface area contributed by atoms with Crippen LogP contribution in [0.25, 0.3) is 0 Å². The fraction of sp³-hybridized carbons (Fsp3) is 0.938. The molecule has 2 fully saturated rings. The van der Waals surface area contributed by atoms with Gasteiger partial charge in [0, 0.05) is 13.1 Å². The van der Waals surface area contributed by atoms with Crippen molar-refractivity contribution in [3.05, 3.63) is 0 Å². The van der Waals surface area contributed by atoms with Gasteiger partial charge in [0.15, 0.2) is 0 Å². The van der Waals surface area contributed by atoms with Crippen LogP contribution in [0.2, 0.25) is 0 Å². The van der Waals surface area contributed by atoms with Crippen molar-refractivity contribution in [2.45, 2.75) is 46.0 Å². The number of rotatable bonds is 4. The van der Waals surface area contributed by atoms with Crippen LogP contribution >= 0.6 is 0 Å². The van der Waals surface area contributed by atoms with Gasteiger partial charge in [0.05, 0.1) is 6.61 Å². The zero-order valence-electron chi connectivity index (χ0n) is 13.1. The molecule has 2 heterocycles. The highest BCUT2D eigenvalue weighted by Gasteiger charge is 2.26. The summed E-state index contributed by atoms with van der Waals surface area (Å²) in [5, 5.41) is 3.43. The molecule has 2 saturated heterocycles. The molecule has 4 nitrogen and oxygen atoms in total. The Morgan fingerprint density at radius 3 is 2.35 bits per heavy atom. The number of carbonyl (C=O) groups is 1. The molecule has 2 aliphatic rings. The molecule has 0 aromatic heterocycles. The molecule has 0 aliphatic carbocycles. The van der Waals surface area contributed by atoms with Gasteiger partial charge in [-0.1, -0.05) is 13.8 Å². The summed E-state index contributed by atoms with van der Waals surface area (Å²) in [7, 11) is 0. The highest BCUT2D eigenvalue weighted by Crippen LogP contribution is 2.28. The first-order valence-corrected chi connectivity index (χ1v) is 8.27. The predicted octanol–water partition coefficient (Wildman–Crippen LogP) is 2.88. The zero-order valence-corrected chi connectivity index (χ0v) is 13.1. The van der Waals surface area contributed by atoms with E-state index in [4.69, 9.17) is 4.74 Å². The van der Waals surface area contributed by atoms with Crippen LogP contribution in [0.1, 0.15) is 46.0 Å². The molecule has 0 aromatic carbocycles. The Morgan fingerprint density at radius 2 is 1.75 bits per heavy atom. The average molecular weight is 282 g/mol. The van der Waals surface area contributed by atoms with E-state index in [0.29, 0.717) is 12.5 Å². The van der Waals surface area contributed by atoms with Gasteiger partial charge in [-0.25, -0.2) is 4.79 Å². The van der Waals surface area contributed by atoms with Gasteiger partial charge in [-0.05, 0) is 62.9 Å². The van der Waals surface area contributed by atoms with Gasteiger partial charge in [0.1, 0.15) is 0 Å². The molecular weight excluding hydrogens is 252 g/mol. The van der Waals surface area contributed by atoms with E-state index in [-0.39, 0.29) is 6.09 Å². The van der Waals surface area contributed by atoms with Gasteiger partial charge < -0.3 is 15.0 Å². The maximum absolute atomic E-state index is 11.9. The Hall–Kier alpha value is -0.770. The zero-order chi connectivity index (χ0) is 14.4. The van der Waals surface area contributed by atoms with Gasteiger partial charge in [-0.15, -0.1) is 0 Å². The highest BCUT2D eigenvalue weighted by atomic mass is 16.6. The Kier molecular flexibility index (Phi) is 6.14. The van der Waals surface area contributed by atoms with Crippen molar-refractivity contribution in [3.63, 3.8) is 0 Å². The lowest BCUT2D eigenvalue weighted by atomic mass is 9.83. The molecular formula is C16H30N2O2. The number of likely N-dealkylation sites (tertiary alicyclic amines) is 1. The number of hydrogen-bond acceptors (Lipinski definition) is 3. The van der Waals surface area contributed by atoms with Gasteiger partial charge in [0.2, 0.25) is 0 Å². The number of hydrogen-bond donors (Lipinski definition) is 1. The maximum atomic E-state index is 11.9. The minimum atomic E-state index is -0.112. The second-order valence-corrected chi connectivity index (χ2v) is 6.83. The van der Waals surface area contributed by atoms with Crippen molar-refractivity contribution in [1.29, 1.82) is 0 Å². The van der Waals surface area contributed by atoms with E-state index < -0.39 is 0 Å². The van der Waals surface area contributed by atoms with Crippen LogP contribution in [0.4, 0.5) is 4.79 Å². The number of nitrogens with one attached hydrogen (secondary N) is 1. The third-order valence-electron chi connectivity index (χ3n) is 4.54. The molecule has 0 aromatic rings. The Balaban J connectivity index is 1.65. The Morgan fingerprint density at radius 1 is 1.15 bits per heavy atom. The summed E-state index contributed by atoms with van der Waals surface area (Å²) in [4.78, 5) is 13.8. The summed E-state index contributed by atoms with van der Waals surface area (Å²) in [6.07, 6.45) is 6.21. The lowest BCUT2D eigenvalue weighted by Crippen LogP contribution is -2.40. The quantitative estimate of drug-likeness (QED) is 0.862. The lowest BCUT2D eigenvalue weighted by molar-refractivity contribution is 0.0760. The van der Waals surface area contributed by atoms with E-state index in [2.05, 4.69) is 19.2 Å². The number of carbonyl (C=O) groups excluding carboxylic acids is 1. The molecule has 0 saturated carbocycles. The largest absolute Gasteiger partial charge is 0.449 e. The van der Waals surface area contributed by atoms with Crippen molar-refractivity contribution in [3.8, 4) is 0 Å². The Bertz CT molecular complexity index is 293. The van der Waals surface area contributed by atoms with Crippen LogP contribution in [0.5, 0.6) is 0 Å². The molecule has 0 atom stereocenters. The smallest absolute Gasteiger partial charge is 0.409 e. The fourth-order valence-corrected chi connectivity index (χ4v) is 3.27. The monoisotopic (exact) mass is 282 g/mol. The van der Waals surface area contributed by atoms with Crippen molar-refractivity contribution in [1.82, 2.24) is 10.2 Å². The van der Waals surface area contributed by atoms with Crippen LogP contribution in [0, 0.1) is 17.8 Å². The van der Waals surface area contributed by atoms with Crippen LogP contribution in [-0.2, 0) is 4.74 Å². The maximum Gasteiger partial charge on any atom is 0.409 e. The number of amides is 1. The predicted molar refractivity (Wildman–Crippen MR) is 80.7 cm³/mol. The van der Waals surface area contributed by atoms with Crippen LogP contribution in [-0.4, -0.2) is 43.8 Å². The van der Waals surface area contributed by atoms with Gasteiger partial charge in [-0.2, -0.15) is 0 Å². The molecule has 2 rings (SSSR count). The van der Waals surface area contributed by atoms with E-state index in [1.807, 2.05) is 4.90 Å². The Labute approximate surface area is 123 Å². The number of nitrogens with zero attached hydrogens (tertiary/aromatic N) is 1. The number of ether oxygens (including phenoxy) is 1. The topological polar surface area (TPSA) is 41.6 Å². The average Bonchev–Trinajstić information content (AvgIpc) is 2.46. The molecule has 0 spiro atoms. The van der Waals surface area contributed by atoms with Crippen molar-refractivity contribution in [2.24, 2.45) is 17.8 Å². The van der Waals surface area contributed by atoms with Crippen LogP contribution in [0.3, 0.4) is 0 Å². The second kappa shape index (κ2) is 7.87. The summed E-state index contributed by atoms with van der Waals surface area (Å²) >= 11 is 0. The highest BCUT2D eigenvalue weighted by molar-refractivity contribution is 5.67. The lowest BCUT2D eigenvalue weighted by Gasteiger charge is -2.34. The first-order chi connectivity index (χ1) is 9.65. The molecule has 2 aliphatic heterocycles. The van der Waals surface area contributed by atoms with E-state index >= 15 is 0 Å². The standard InChI is InChI=1S/C16H30N2O2/c1-13(2)12-20-16(19)18-9-5-15(6-10-18)11-14-3-7-17-8-4-14/h13-15,17H,3-12H2,1-2H3. The number of piperidine rings is 2. The molecule has 0 radical (unpaired) electrons. The minimum absolute atomic E-state index is 0.112.